The third kappa shape index (κ3) is 3.85. The maximum absolute atomic E-state index is 13.6. The molecule has 0 radical (unpaired) electrons. The van der Waals surface area contributed by atoms with Crippen LogP contribution in [0, 0.1) is 17.0 Å². The van der Waals surface area contributed by atoms with E-state index in [1.54, 1.807) is 36.1 Å². The number of amides is 1. The molecule has 5 rings (SSSR count). The number of rotatable bonds is 5. The summed E-state index contributed by atoms with van der Waals surface area (Å²) in [6.45, 7) is 5.54. The summed E-state index contributed by atoms with van der Waals surface area (Å²) in [5, 5.41) is 11.9. The largest absolute Gasteiger partial charge is 0.450 e. The van der Waals surface area contributed by atoms with Gasteiger partial charge in [-0.05, 0) is 42.3 Å². The number of hydrogen-bond donors (Lipinski definition) is 0. The van der Waals surface area contributed by atoms with Gasteiger partial charge < -0.3 is 14.1 Å². The van der Waals surface area contributed by atoms with Crippen molar-refractivity contribution in [2.75, 3.05) is 39.4 Å². The number of ether oxygens (including phenoxy) is 1. The highest BCUT2D eigenvalue weighted by Crippen LogP contribution is 2.39. The van der Waals surface area contributed by atoms with Crippen LogP contribution in [0.15, 0.2) is 45.6 Å². The van der Waals surface area contributed by atoms with Crippen LogP contribution < -0.4 is 5.43 Å². The Hall–Kier alpha value is -3.27. The zero-order valence-electron chi connectivity index (χ0n) is 18.5. The molecule has 1 atom stereocenters. The molecular weight excluding hydrogens is 462 g/mol. The van der Waals surface area contributed by atoms with Gasteiger partial charge in [0, 0.05) is 43.3 Å². The Kier molecular flexibility index (Phi) is 5.85. The lowest BCUT2D eigenvalue weighted by molar-refractivity contribution is -0.384. The minimum atomic E-state index is -0.718. The topological polar surface area (TPSA) is 106 Å². The van der Waals surface area contributed by atoms with E-state index in [1.165, 1.54) is 12.1 Å². The molecule has 2 aromatic carbocycles. The third-order valence-corrected chi connectivity index (χ3v) is 6.83. The van der Waals surface area contributed by atoms with E-state index < -0.39 is 11.0 Å². The van der Waals surface area contributed by atoms with Crippen LogP contribution in [0.25, 0.3) is 11.0 Å². The number of non-ortho nitro benzene ring substituents is 1. The third-order valence-electron chi connectivity index (χ3n) is 6.43. The number of hydrogen-bond acceptors (Lipinski definition) is 7. The molecule has 0 saturated carbocycles. The van der Waals surface area contributed by atoms with Crippen LogP contribution in [-0.4, -0.2) is 60.0 Å². The summed E-state index contributed by atoms with van der Waals surface area (Å²) in [4.78, 5) is 41.6. The second-order valence-corrected chi connectivity index (χ2v) is 8.88. The minimum absolute atomic E-state index is 0.00422. The first-order valence-electron chi connectivity index (χ1n) is 11.0. The van der Waals surface area contributed by atoms with Crippen molar-refractivity contribution in [2.45, 2.75) is 13.0 Å². The van der Waals surface area contributed by atoms with E-state index in [1.807, 2.05) is 0 Å². The van der Waals surface area contributed by atoms with Crippen LogP contribution in [0.3, 0.4) is 0 Å². The molecule has 0 bridgehead atoms. The summed E-state index contributed by atoms with van der Waals surface area (Å²) in [7, 11) is 0. The van der Waals surface area contributed by atoms with E-state index in [9.17, 15) is 19.7 Å². The standard InChI is InChI=1S/C24H22ClN3O6/c1-14-12-19-17(13-18(14)25)22(29)20-21(15-2-4-16(5-3-15)28(31)32)27(24(30)23(20)34-19)7-6-26-8-10-33-11-9-26/h2-5,12-13,21H,6-11H2,1H3. The summed E-state index contributed by atoms with van der Waals surface area (Å²) >= 11 is 6.27. The summed E-state index contributed by atoms with van der Waals surface area (Å²) in [6.07, 6.45) is 0. The molecule has 1 unspecified atom stereocenters. The number of fused-ring (bicyclic) bond motifs is 2. The van der Waals surface area contributed by atoms with Crippen LogP contribution in [0.1, 0.15) is 33.3 Å². The second-order valence-electron chi connectivity index (χ2n) is 8.48. The van der Waals surface area contributed by atoms with E-state index in [0.717, 1.165) is 18.7 Å². The normalized spacial score (nSPS) is 18.5. The Morgan fingerprint density at radius 3 is 2.50 bits per heavy atom. The van der Waals surface area contributed by atoms with E-state index in [-0.39, 0.29) is 28.3 Å². The molecule has 0 aliphatic carbocycles. The van der Waals surface area contributed by atoms with Crippen molar-refractivity contribution in [3.05, 3.63) is 84.2 Å². The monoisotopic (exact) mass is 483 g/mol. The molecule has 2 aliphatic rings. The van der Waals surface area contributed by atoms with Gasteiger partial charge in [-0.1, -0.05) is 11.6 Å². The molecule has 176 valence electrons. The lowest BCUT2D eigenvalue weighted by atomic mass is 9.98. The Labute approximate surface area is 199 Å². The molecule has 3 heterocycles. The highest BCUT2D eigenvalue weighted by atomic mass is 35.5. The van der Waals surface area contributed by atoms with Gasteiger partial charge in [0.1, 0.15) is 5.58 Å². The van der Waals surface area contributed by atoms with Gasteiger partial charge >= 0.3 is 0 Å². The van der Waals surface area contributed by atoms with E-state index in [2.05, 4.69) is 4.90 Å². The second kappa shape index (κ2) is 8.83. The summed E-state index contributed by atoms with van der Waals surface area (Å²) in [5.74, 6) is -0.372. The average Bonchev–Trinajstić information content (AvgIpc) is 3.11. The van der Waals surface area contributed by atoms with Crippen LogP contribution in [0.5, 0.6) is 0 Å². The smallest absolute Gasteiger partial charge is 0.290 e. The Balaban J connectivity index is 1.62. The fourth-order valence-corrected chi connectivity index (χ4v) is 4.73. The van der Waals surface area contributed by atoms with Gasteiger partial charge in [-0.2, -0.15) is 0 Å². The first kappa shape index (κ1) is 22.5. The van der Waals surface area contributed by atoms with Crippen molar-refractivity contribution >= 4 is 34.2 Å². The molecule has 1 amide bonds. The van der Waals surface area contributed by atoms with Gasteiger partial charge in [-0.3, -0.25) is 24.6 Å². The number of carbonyl (C=O) groups excluding carboxylic acids is 1. The van der Waals surface area contributed by atoms with Gasteiger partial charge in [0.2, 0.25) is 5.76 Å². The van der Waals surface area contributed by atoms with Gasteiger partial charge in [0.15, 0.2) is 5.43 Å². The Morgan fingerprint density at radius 2 is 1.82 bits per heavy atom. The molecule has 1 saturated heterocycles. The zero-order chi connectivity index (χ0) is 24.0. The molecule has 9 nitrogen and oxygen atoms in total. The Bertz CT molecular complexity index is 1350. The maximum atomic E-state index is 13.6. The number of halogens is 1. The molecule has 1 aromatic heterocycles. The molecule has 0 N–H and O–H groups in total. The average molecular weight is 484 g/mol. The molecule has 3 aromatic rings. The number of morpholine rings is 1. The lowest BCUT2D eigenvalue weighted by Crippen LogP contribution is -2.42. The van der Waals surface area contributed by atoms with E-state index >= 15 is 0 Å². The fraction of sp³-hybridized carbons (Fsp3) is 0.333. The van der Waals surface area contributed by atoms with Crippen LogP contribution in [-0.2, 0) is 4.74 Å². The van der Waals surface area contributed by atoms with Crippen molar-refractivity contribution in [1.82, 2.24) is 9.80 Å². The van der Waals surface area contributed by atoms with Crippen molar-refractivity contribution in [1.29, 1.82) is 0 Å². The lowest BCUT2D eigenvalue weighted by Gasteiger charge is -2.31. The molecular formula is C24H22ClN3O6. The minimum Gasteiger partial charge on any atom is -0.450 e. The summed E-state index contributed by atoms with van der Waals surface area (Å²) < 4.78 is 11.4. The van der Waals surface area contributed by atoms with Crippen molar-refractivity contribution in [3.63, 3.8) is 0 Å². The first-order chi connectivity index (χ1) is 16.3. The van der Waals surface area contributed by atoms with Gasteiger partial charge in [-0.15, -0.1) is 0 Å². The van der Waals surface area contributed by atoms with Crippen molar-refractivity contribution in [3.8, 4) is 0 Å². The molecule has 1 fully saturated rings. The molecule has 10 heteroatoms. The predicted molar refractivity (Wildman–Crippen MR) is 125 cm³/mol. The van der Waals surface area contributed by atoms with Crippen LogP contribution >= 0.6 is 11.6 Å². The van der Waals surface area contributed by atoms with Crippen molar-refractivity contribution in [2.24, 2.45) is 0 Å². The highest BCUT2D eigenvalue weighted by Gasteiger charge is 2.42. The number of carbonyl (C=O) groups is 1. The van der Waals surface area contributed by atoms with E-state index in [0.29, 0.717) is 47.9 Å². The van der Waals surface area contributed by atoms with Gasteiger partial charge in [-0.25, -0.2) is 0 Å². The highest BCUT2D eigenvalue weighted by molar-refractivity contribution is 6.32. The zero-order valence-corrected chi connectivity index (χ0v) is 19.2. The maximum Gasteiger partial charge on any atom is 0.290 e. The summed E-state index contributed by atoms with van der Waals surface area (Å²) in [5.41, 5.74) is 1.47. The van der Waals surface area contributed by atoms with Crippen LogP contribution in [0.4, 0.5) is 5.69 Å². The number of nitro groups is 1. The Morgan fingerprint density at radius 1 is 1.12 bits per heavy atom. The van der Waals surface area contributed by atoms with Crippen molar-refractivity contribution < 1.29 is 18.9 Å². The first-order valence-corrected chi connectivity index (χ1v) is 11.3. The molecule has 2 aliphatic heterocycles. The van der Waals surface area contributed by atoms with E-state index in [4.69, 9.17) is 20.8 Å². The number of nitrogens with zero attached hydrogens (tertiary/aromatic N) is 3. The molecule has 0 spiro atoms. The fourth-order valence-electron chi connectivity index (χ4n) is 4.57. The molecule has 34 heavy (non-hydrogen) atoms. The number of aryl methyl sites for hydroxylation is 1. The predicted octanol–water partition coefficient (Wildman–Crippen LogP) is 3.54. The number of nitro benzene ring substituents is 1. The quantitative estimate of drug-likeness (QED) is 0.403. The van der Waals surface area contributed by atoms with Gasteiger partial charge in [0.25, 0.3) is 11.6 Å². The SMILES string of the molecule is Cc1cc2oc3c(c(=O)c2cc1Cl)C(c1ccc([N+](=O)[O-])cc1)N(CCN1CCOCC1)C3=O. The van der Waals surface area contributed by atoms with Crippen LogP contribution in [0.2, 0.25) is 5.02 Å². The summed E-state index contributed by atoms with van der Waals surface area (Å²) in [6, 6.07) is 8.42. The van der Waals surface area contributed by atoms with Gasteiger partial charge in [0.05, 0.1) is 35.1 Å². The number of benzene rings is 2.